The first-order chi connectivity index (χ1) is 9.63. The lowest BCUT2D eigenvalue weighted by Crippen LogP contribution is -2.25. The fourth-order valence-corrected chi connectivity index (χ4v) is 1.98. The van der Waals surface area contributed by atoms with E-state index in [0.717, 1.165) is 11.3 Å². The number of nitrogens with zero attached hydrogens (tertiary/aromatic N) is 1. The molecule has 20 heavy (non-hydrogen) atoms. The molecule has 0 aliphatic heterocycles. The van der Waals surface area contributed by atoms with E-state index in [-0.39, 0.29) is 12.2 Å². The monoisotopic (exact) mass is 277 g/mol. The van der Waals surface area contributed by atoms with Gasteiger partial charge in [0.25, 0.3) is 0 Å². The zero-order chi connectivity index (χ0) is 14.4. The molecule has 1 aromatic carbocycles. The van der Waals surface area contributed by atoms with E-state index in [1.165, 1.54) is 12.1 Å². The molecule has 0 fully saturated rings. The Morgan fingerprint density at radius 1 is 1.25 bits per heavy atom. The minimum Gasteiger partial charge on any atom is -0.481 e. The number of hydrogen-bond acceptors (Lipinski definition) is 3. The van der Waals surface area contributed by atoms with Crippen molar-refractivity contribution in [2.75, 3.05) is 6.54 Å². The maximum atomic E-state index is 13.2. The molecule has 0 saturated heterocycles. The molecule has 0 radical (unpaired) electrons. The molecule has 0 saturated carbocycles. The number of aliphatic carboxylic acids is 1. The predicted molar refractivity (Wildman–Crippen MR) is 71.5 cm³/mol. The summed E-state index contributed by atoms with van der Waals surface area (Å²) in [6, 6.07) is 9.92. The van der Waals surface area contributed by atoms with E-state index >= 15 is 0 Å². The molecule has 0 bridgehead atoms. The van der Waals surface area contributed by atoms with Crippen LogP contribution in [0.15, 0.2) is 47.1 Å². The van der Waals surface area contributed by atoms with Crippen LogP contribution in [0.1, 0.15) is 17.7 Å². The first-order valence-corrected chi connectivity index (χ1v) is 6.34. The predicted octanol–water partition coefficient (Wildman–Crippen LogP) is 2.90. The van der Waals surface area contributed by atoms with Crippen molar-refractivity contribution in [2.24, 2.45) is 0 Å². The molecule has 5 heteroatoms. The SMILES string of the molecule is O=C(O)CCN(Cc1cccc(F)c1)Cc1ccco1. The highest BCUT2D eigenvalue weighted by atomic mass is 19.1. The number of halogens is 1. The van der Waals surface area contributed by atoms with Crippen molar-refractivity contribution in [3.05, 3.63) is 59.8 Å². The molecule has 0 spiro atoms. The fourth-order valence-electron chi connectivity index (χ4n) is 1.98. The Hall–Kier alpha value is -2.14. The Balaban J connectivity index is 2.03. The second kappa shape index (κ2) is 6.86. The van der Waals surface area contributed by atoms with Crippen LogP contribution in [0.25, 0.3) is 0 Å². The molecular formula is C15H16FNO3. The van der Waals surface area contributed by atoms with Gasteiger partial charge in [0.1, 0.15) is 11.6 Å². The number of carboxylic acids is 1. The topological polar surface area (TPSA) is 53.7 Å². The maximum absolute atomic E-state index is 13.2. The van der Waals surface area contributed by atoms with Gasteiger partial charge in [0.2, 0.25) is 0 Å². The first-order valence-electron chi connectivity index (χ1n) is 6.34. The molecule has 106 valence electrons. The number of carboxylic acid groups (broad SMARTS) is 1. The van der Waals surface area contributed by atoms with Crippen molar-refractivity contribution < 1.29 is 18.7 Å². The summed E-state index contributed by atoms with van der Waals surface area (Å²) >= 11 is 0. The Morgan fingerprint density at radius 2 is 2.10 bits per heavy atom. The fraction of sp³-hybridized carbons (Fsp3) is 0.267. The molecule has 2 rings (SSSR count). The van der Waals surface area contributed by atoms with Crippen molar-refractivity contribution >= 4 is 5.97 Å². The van der Waals surface area contributed by atoms with Gasteiger partial charge in [-0.1, -0.05) is 12.1 Å². The molecule has 1 heterocycles. The van der Waals surface area contributed by atoms with Gasteiger partial charge < -0.3 is 9.52 Å². The van der Waals surface area contributed by atoms with Crippen molar-refractivity contribution in [3.63, 3.8) is 0 Å². The number of carbonyl (C=O) groups is 1. The van der Waals surface area contributed by atoms with E-state index in [0.29, 0.717) is 19.6 Å². The normalized spacial score (nSPS) is 10.9. The summed E-state index contributed by atoms with van der Waals surface area (Å²) in [5.74, 6) is -0.390. The third-order valence-corrected chi connectivity index (χ3v) is 2.90. The quantitative estimate of drug-likeness (QED) is 0.845. The molecule has 1 N–H and O–H groups in total. The molecule has 0 atom stereocenters. The summed E-state index contributed by atoms with van der Waals surface area (Å²) < 4.78 is 18.4. The molecule has 0 amide bonds. The van der Waals surface area contributed by atoms with E-state index in [2.05, 4.69) is 0 Å². The summed E-state index contributed by atoms with van der Waals surface area (Å²) in [5, 5.41) is 8.79. The molecular weight excluding hydrogens is 261 g/mol. The summed E-state index contributed by atoms with van der Waals surface area (Å²) in [5.41, 5.74) is 0.807. The zero-order valence-corrected chi connectivity index (χ0v) is 11.0. The van der Waals surface area contributed by atoms with Crippen molar-refractivity contribution in [3.8, 4) is 0 Å². The van der Waals surface area contributed by atoms with Crippen molar-refractivity contribution in [1.82, 2.24) is 4.90 Å². The van der Waals surface area contributed by atoms with E-state index in [1.54, 1.807) is 18.4 Å². The average molecular weight is 277 g/mol. The van der Waals surface area contributed by atoms with Gasteiger partial charge in [-0.2, -0.15) is 0 Å². The van der Waals surface area contributed by atoms with Gasteiger partial charge in [-0.15, -0.1) is 0 Å². The molecule has 4 nitrogen and oxygen atoms in total. The lowest BCUT2D eigenvalue weighted by atomic mass is 10.2. The van der Waals surface area contributed by atoms with Crippen LogP contribution >= 0.6 is 0 Å². The maximum Gasteiger partial charge on any atom is 0.304 e. The molecule has 0 aliphatic carbocycles. The summed E-state index contributed by atoms with van der Waals surface area (Å²) in [7, 11) is 0. The molecule has 2 aromatic rings. The van der Waals surface area contributed by atoms with Gasteiger partial charge in [-0.3, -0.25) is 9.69 Å². The Morgan fingerprint density at radius 3 is 2.75 bits per heavy atom. The zero-order valence-electron chi connectivity index (χ0n) is 11.0. The Kier molecular flexibility index (Phi) is 4.90. The Bertz CT molecular complexity index is 554. The van der Waals surface area contributed by atoms with Gasteiger partial charge in [0.15, 0.2) is 0 Å². The van der Waals surface area contributed by atoms with Crippen LogP contribution in [-0.4, -0.2) is 22.5 Å². The van der Waals surface area contributed by atoms with E-state index in [1.807, 2.05) is 17.0 Å². The third-order valence-electron chi connectivity index (χ3n) is 2.90. The lowest BCUT2D eigenvalue weighted by molar-refractivity contribution is -0.137. The third kappa shape index (κ3) is 4.51. The first kappa shape index (κ1) is 14.3. The lowest BCUT2D eigenvalue weighted by Gasteiger charge is -2.20. The summed E-state index contributed by atoms with van der Waals surface area (Å²) in [4.78, 5) is 12.6. The molecule has 0 aliphatic rings. The minimum absolute atomic E-state index is 0.0377. The molecule has 0 unspecified atom stereocenters. The Labute approximate surface area is 116 Å². The van der Waals surface area contributed by atoms with Crippen molar-refractivity contribution in [2.45, 2.75) is 19.5 Å². The second-order valence-corrected chi connectivity index (χ2v) is 4.56. The van der Waals surface area contributed by atoms with Crippen LogP contribution < -0.4 is 0 Å². The van der Waals surface area contributed by atoms with Gasteiger partial charge in [-0.05, 0) is 29.8 Å². The number of hydrogen-bond donors (Lipinski definition) is 1. The van der Waals surface area contributed by atoms with Crippen LogP contribution in [0.2, 0.25) is 0 Å². The highest BCUT2D eigenvalue weighted by Crippen LogP contribution is 2.12. The van der Waals surface area contributed by atoms with E-state index in [4.69, 9.17) is 9.52 Å². The largest absolute Gasteiger partial charge is 0.481 e. The highest BCUT2D eigenvalue weighted by Gasteiger charge is 2.11. The van der Waals surface area contributed by atoms with Crippen molar-refractivity contribution in [1.29, 1.82) is 0 Å². The highest BCUT2D eigenvalue weighted by molar-refractivity contribution is 5.66. The summed E-state index contributed by atoms with van der Waals surface area (Å²) in [6.45, 7) is 1.36. The smallest absolute Gasteiger partial charge is 0.304 e. The van der Waals surface area contributed by atoms with Gasteiger partial charge >= 0.3 is 5.97 Å². The number of furan rings is 1. The van der Waals surface area contributed by atoms with Crippen LogP contribution in [0, 0.1) is 5.82 Å². The van der Waals surface area contributed by atoms with Crippen LogP contribution in [0.3, 0.4) is 0 Å². The van der Waals surface area contributed by atoms with Gasteiger partial charge in [0, 0.05) is 13.1 Å². The van der Waals surface area contributed by atoms with Gasteiger partial charge in [0.05, 0.1) is 19.2 Å². The summed E-state index contributed by atoms with van der Waals surface area (Å²) in [6.07, 6.45) is 1.61. The van der Waals surface area contributed by atoms with Gasteiger partial charge in [-0.25, -0.2) is 4.39 Å². The van der Waals surface area contributed by atoms with Crippen LogP contribution in [0.4, 0.5) is 4.39 Å². The standard InChI is InChI=1S/C15H16FNO3/c16-13-4-1-3-12(9-13)10-17(7-6-15(18)19)11-14-5-2-8-20-14/h1-5,8-9H,6-7,10-11H2,(H,18,19). The number of benzene rings is 1. The molecule has 1 aromatic heterocycles. The second-order valence-electron chi connectivity index (χ2n) is 4.56. The average Bonchev–Trinajstić information content (AvgIpc) is 2.89. The van der Waals surface area contributed by atoms with E-state index < -0.39 is 5.97 Å². The number of rotatable bonds is 7. The minimum atomic E-state index is -0.853. The van der Waals surface area contributed by atoms with Crippen LogP contribution in [-0.2, 0) is 17.9 Å². The van der Waals surface area contributed by atoms with E-state index in [9.17, 15) is 9.18 Å². The van der Waals surface area contributed by atoms with Crippen LogP contribution in [0.5, 0.6) is 0 Å².